The van der Waals surface area contributed by atoms with Crippen LogP contribution < -0.4 is 0 Å². The molecule has 0 radical (unpaired) electrons. The molecule has 0 aromatic carbocycles. The number of amides is 1. The summed E-state index contributed by atoms with van der Waals surface area (Å²) in [6.45, 7) is 8.00. The molecule has 1 heterocycles. The summed E-state index contributed by atoms with van der Waals surface area (Å²) in [6, 6.07) is 0. The van der Waals surface area contributed by atoms with Crippen LogP contribution in [0.25, 0.3) is 0 Å². The van der Waals surface area contributed by atoms with Crippen LogP contribution in [-0.2, 0) is 19.1 Å². The molecule has 1 N–H and O–H groups in total. The fourth-order valence-corrected chi connectivity index (χ4v) is 3.84. The van der Waals surface area contributed by atoms with Crippen LogP contribution in [0.1, 0.15) is 46.5 Å². The summed E-state index contributed by atoms with van der Waals surface area (Å²) in [4.78, 5) is 24.9. The Morgan fingerprint density at radius 1 is 1.33 bits per heavy atom. The minimum Gasteiger partial charge on any atom is -0.481 e. The van der Waals surface area contributed by atoms with Gasteiger partial charge in [0.1, 0.15) is 6.61 Å². The lowest BCUT2D eigenvalue weighted by atomic mass is 9.75. The minimum atomic E-state index is -0.901. The highest BCUT2D eigenvalue weighted by Gasteiger charge is 2.33. The molecular weight excluding hydrogens is 310 g/mol. The first-order valence-electron chi connectivity index (χ1n) is 9.09. The van der Waals surface area contributed by atoms with Crippen molar-refractivity contribution >= 4 is 11.9 Å². The Labute approximate surface area is 144 Å². The van der Waals surface area contributed by atoms with Gasteiger partial charge in [0, 0.05) is 13.1 Å². The molecule has 6 nitrogen and oxygen atoms in total. The van der Waals surface area contributed by atoms with Crippen molar-refractivity contribution in [2.45, 2.75) is 58.7 Å². The number of carbonyl (C=O) groups is 2. The fourth-order valence-electron chi connectivity index (χ4n) is 3.84. The van der Waals surface area contributed by atoms with Crippen molar-refractivity contribution in [3.63, 3.8) is 0 Å². The van der Waals surface area contributed by atoms with Gasteiger partial charge in [-0.15, -0.1) is 0 Å². The zero-order valence-electron chi connectivity index (χ0n) is 15.1. The van der Waals surface area contributed by atoms with Gasteiger partial charge in [-0.3, -0.25) is 9.59 Å². The fraction of sp³-hybridized carbons (Fsp3) is 0.889. The average molecular weight is 341 g/mol. The molecule has 0 spiro atoms. The van der Waals surface area contributed by atoms with E-state index in [4.69, 9.17) is 14.6 Å². The quantitative estimate of drug-likeness (QED) is 0.801. The number of aliphatic carboxylic acids is 1. The van der Waals surface area contributed by atoms with E-state index in [-0.39, 0.29) is 25.0 Å². The van der Waals surface area contributed by atoms with Gasteiger partial charge in [-0.05, 0) is 30.6 Å². The van der Waals surface area contributed by atoms with Crippen LogP contribution >= 0.6 is 0 Å². The Morgan fingerprint density at radius 3 is 2.75 bits per heavy atom. The van der Waals surface area contributed by atoms with E-state index in [1.807, 2.05) is 0 Å². The molecule has 24 heavy (non-hydrogen) atoms. The largest absolute Gasteiger partial charge is 0.481 e. The molecule has 4 unspecified atom stereocenters. The molecule has 0 bridgehead atoms. The second-order valence-electron chi connectivity index (χ2n) is 7.61. The summed E-state index contributed by atoms with van der Waals surface area (Å²) >= 11 is 0. The van der Waals surface area contributed by atoms with Gasteiger partial charge in [-0.2, -0.15) is 0 Å². The maximum absolute atomic E-state index is 12.4. The topological polar surface area (TPSA) is 76.1 Å². The van der Waals surface area contributed by atoms with Gasteiger partial charge in [0.05, 0.1) is 25.2 Å². The average Bonchev–Trinajstić information content (AvgIpc) is 2.52. The Kier molecular flexibility index (Phi) is 7.04. The molecule has 1 amide bonds. The highest BCUT2D eigenvalue weighted by Crippen LogP contribution is 2.35. The number of rotatable bonds is 6. The van der Waals surface area contributed by atoms with Gasteiger partial charge < -0.3 is 19.5 Å². The number of hydrogen-bond donors (Lipinski definition) is 1. The van der Waals surface area contributed by atoms with Crippen LogP contribution in [0, 0.1) is 17.8 Å². The second-order valence-corrected chi connectivity index (χ2v) is 7.61. The van der Waals surface area contributed by atoms with E-state index in [1.165, 1.54) is 6.42 Å². The number of nitrogens with zero attached hydrogens (tertiary/aromatic N) is 1. The van der Waals surface area contributed by atoms with E-state index in [2.05, 4.69) is 20.8 Å². The van der Waals surface area contributed by atoms with Crippen molar-refractivity contribution in [3.05, 3.63) is 0 Å². The summed E-state index contributed by atoms with van der Waals surface area (Å²) in [6.07, 6.45) is 3.07. The van der Waals surface area contributed by atoms with Crippen LogP contribution in [0.15, 0.2) is 0 Å². The van der Waals surface area contributed by atoms with Crippen LogP contribution in [0.4, 0.5) is 0 Å². The first-order valence-corrected chi connectivity index (χ1v) is 9.09. The molecule has 1 saturated carbocycles. The maximum Gasteiger partial charge on any atom is 0.306 e. The first-order chi connectivity index (χ1) is 11.4. The monoisotopic (exact) mass is 341 g/mol. The summed E-state index contributed by atoms with van der Waals surface area (Å²) in [5.74, 6) is 0.749. The third-order valence-corrected chi connectivity index (χ3v) is 5.28. The third kappa shape index (κ3) is 5.45. The van der Waals surface area contributed by atoms with Crippen molar-refractivity contribution in [1.82, 2.24) is 4.90 Å². The highest BCUT2D eigenvalue weighted by molar-refractivity contribution is 5.77. The SMILES string of the molecule is CC1CCC(C(C)C)C(OCC(=O)N2CCOC(CC(=O)O)C2)C1. The van der Waals surface area contributed by atoms with E-state index in [9.17, 15) is 9.59 Å². The second kappa shape index (κ2) is 8.81. The zero-order valence-corrected chi connectivity index (χ0v) is 15.1. The molecule has 6 heteroatoms. The van der Waals surface area contributed by atoms with Gasteiger partial charge in [0.2, 0.25) is 5.91 Å². The Balaban J connectivity index is 1.83. The number of carboxylic acid groups (broad SMARTS) is 1. The summed E-state index contributed by atoms with van der Waals surface area (Å²) in [5, 5.41) is 8.86. The molecule has 1 aliphatic carbocycles. The van der Waals surface area contributed by atoms with Crippen molar-refractivity contribution in [2.24, 2.45) is 17.8 Å². The van der Waals surface area contributed by atoms with Crippen LogP contribution in [-0.4, -0.2) is 60.4 Å². The number of ether oxygens (including phenoxy) is 2. The van der Waals surface area contributed by atoms with Gasteiger partial charge in [0.15, 0.2) is 0 Å². The van der Waals surface area contributed by atoms with Gasteiger partial charge in [-0.25, -0.2) is 0 Å². The Morgan fingerprint density at radius 2 is 2.08 bits per heavy atom. The molecule has 1 aliphatic heterocycles. The Bertz CT molecular complexity index is 439. The lowest BCUT2D eigenvalue weighted by Crippen LogP contribution is -2.48. The lowest BCUT2D eigenvalue weighted by molar-refractivity contribution is -0.153. The van der Waals surface area contributed by atoms with Gasteiger partial charge >= 0.3 is 5.97 Å². The number of carboxylic acids is 1. The van der Waals surface area contributed by atoms with Crippen molar-refractivity contribution in [2.75, 3.05) is 26.3 Å². The minimum absolute atomic E-state index is 0.0607. The van der Waals surface area contributed by atoms with E-state index in [0.717, 1.165) is 12.8 Å². The highest BCUT2D eigenvalue weighted by atomic mass is 16.5. The summed E-state index contributed by atoms with van der Waals surface area (Å²) in [7, 11) is 0. The van der Waals surface area contributed by atoms with E-state index in [1.54, 1.807) is 4.90 Å². The molecule has 1 saturated heterocycles. The number of morpholine rings is 1. The zero-order chi connectivity index (χ0) is 17.7. The predicted molar refractivity (Wildman–Crippen MR) is 89.7 cm³/mol. The van der Waals surface area contributed by atoms with E-state index in [0.29, 0.717) is 37.5 Å². The van der Waals surface area contributed by atoms with E-state index < -0.39 is 12.1 Å². The van der Waals surface area contributed by atoms with Gasteiger partial charge in [0.25, 0.3) is 0 Å². The third-order valence-electron chi connectivity index (χ3n) is 5.28. The lowest BCUT2D eigenvalue weighted by Gasteiger charge is -2.38. The van der Waals surface area contributed by atoms with E-state index >= 15 is 0 Å². The summed E-state index contributed by atoms with van der Waals surface area (Å²) in [5.41, 5.74) is 0. The standard InChI is InChI=1S/C18H31NO5/c1-12(2)15-5-4-13(3)8-16(15)24-11-17(20)19-6-7-23-14(10-19)9-18(21)22/h12-16H,4-11H2,1-3H3,(H,21,22). The molecule has 2 fully saturated rings. The van der Waals surface area contributed by atoms with Crippen molar-refractivity contribution in [3.8, 4) is 0 Å². The molecule has 2 rings (SSSR count). The molecule has 0 aromatic rings. The molecule has 138 valence electrons. The summed E-state index contributed by atoms with van der Waals surface area (Å²) < 4.78 is 11.4. The predicted octanol–water partition coefficient (Wildman–Crippen LogP) is 2.17. The molecule has 0 aromatic heterocycles. The molecule has 2 aliphatic rings. The normalized spacial score (nSPS) is 31.2. The van der Waals surface area contributed by atoms with Crippen LogP contribution in [0.2, 0.25) is 0 Å². The maximum atomic E-state index is 12.4. The molecule has 4 atom stereocenters. The van der Waals surface area contributed by atoms with Crippen LogP contribution in [0.5, 0.6) is 0 Å². The molecular formula is C18H31NO5. The number of carbonyl (C=O) groups excluding carboxylic acids is 1. The number of hydrogen-bond acceptors (Lipinski definition) is 4. The Hall–Kier alpha value is -1.14. The van der Waals surface area contributed by atoms with Gasteiger partial charge in [-0.1, -0.05) is 27.2 Å². The first kappa shape index (κ1) is 19.2. The van der Waals surface area contributed by atoms with Crippen molar-refractivity contribution < 1.29 is 24.2 Å². The van der Waals surface area contributed by atoms with Crippen LogP contribution in [0.3, 0.4) is 0 Å². The van der Waals surface area contributed by atoms with Crippen molar-refractivity contribution in [1.29, 1.82) is 0 Å². The smallest absolute Gasteiger partial charge is 0.306 e.